The van der Waals surface area contributed by atoms with Gasteiger partial charge in [0.2, 0.25) is 0 Å². The van der Waals surface area contributed by atoms with Crippen LogP contribution in [0.25, 0.3) is 0 Å². The number of ether oxygens (including phenoxy) is 2. The highest BCUT2D eigenvalue weighted by Gasteiger charge is 2.38. The summed E-state index contributed by atoms with van der Waals surface area (Å²) >= 11 is 0. The zero-order valence-corrected chi connectivity index (χ0v) is 14.8. The molecule has 2 atom stereocenters. The van der Waals surface area contributed by atoms with Gasteiger partial charge in [-0.2, -0.15) is 0 Å². The normalized spacial score (nSPS) is 18.5. The van der Waals surface area contributed by atoms with E-state index in [1.165, 1.54) is 17.5 Å². The Kier molecular flexibility index (Phi) is 5.27. The molecule has 1 fully saturated rings. The molecular formula is C23H23NO2. The van der Waals surface area contributed by atoms with E-state index in [-0.39, 0.29) is 0 Å². The molecular weight excluding hydrogens is 322 g/mol. The van der Waals surface area contributed by atoms with Crippen molar-refractivity contribution in [2.75, 3.05) is 6.61 Å². The van der Waals surface area contributed by atoms with E-state index in [9.17, 15) is 0 Å². The highest BCUT2D eigenvalue weighted by molar-refractivity contribution is 5.30. The molecule has 1 heterocycles. The summed E-state index contributed by atoms with van der Waals surface area (Å²) in [5.74, 6) is 1.96. The van der Waals surface area contributed by atoms with Crippen molar-refractivity contribution in [1.29, 1.82) is 0 Å². The summed E-state index contributed by atoms with van der Waals surface area (Å²) in [6, 6.07) is 22.6. The van der Waals surface area contributed by atoms with Crippen LogP contribution >= 0.6 is 0 Å². The summed E-state index contributed by atoms with van der Waals surface area (Å²) in [6.07, 6.45) is 4.91. The van der Waals surface area contributed by atoms with Crippen LogP contribution in [0, 0.1) is 5.92 Å². The summed E-state index contributed by atoms with van der Waals surface area (Å²) in [7, 11) is 0. The minimum Gasteiger partial charge on any atom is -0.487 e. The van der Waals surface area contributed by atoms with Crippen molar-refractivity contribution in [3.05, 3.63) is 95.8 Å². The average molecular weight is 345 g/mol. The highest BCUT2D eigenvalue weighted by atomic mass is 16.5. The maximum absolute atomic E-state index is 5.89. The second-order valence-electron chi connectivity index (χ2n) is 6.83. The maximum atomic E-state index is 5.89. The Bertz CT molecular complexity index is 820. The van der Waals surface area contributed by atoms with E-state index < -0.39 is 0 Å². The number of aromatic nitrogens is 1. The highest BCUT2D eigenvalue weighted by Crippen LogP contribution is 2.48. The Morgan fingerprint density at radius 1 is 0.846 bits per heavy atom. The van der Waals surface area contributed by atoms with Gasteiger partial charge in [0.25, 0.3) is 0 Å². The molecule has 0 spiro atoms. The monoisotopic (exact) mass is 345 g/mol. The van der Waals surface area contributed by atoms with Gasteiger partial charge in [0.05, 0.1) is 19.4 Å². The molecule has 0 aliphatic heterocycles. The lowest BCUT2D eigenvalue weighted by Gasteiger charge is -2.08. The Hall–Kier alpha value is -2.65. The molecule has 0 bridgehead atoms. The molecule has 0 N–H and O–H groups in total. The first-order valence-electron chi connectivity index (χ1n) is 9.12. The fraction of sp³-hybridized carbons (Fsp3) is 0.261. The van der Waals surface area contributed by atoms with Crippen LogP contribution in [0.4, 0.5) is 0 Å². The van der Waals surface area contributed by atoms with Crippen molar-refractivity contribution in [3.63, 3.8) is 0 Å². The molecule has 1 aliphatic rings. The van der Waals surface area contributed by atoms with E-state index in [0.717, 1.165) is 17.9 Å². The first kappa shape index (κ1) is 16.8. The van der Waals surface area contributed by atoms with Gasteiger partial charge in [0, 0.05) is 6.20 Å². The van der Waals surface area contributed by atoms with Gasteiger partial charge in [0.1, 0.15) is 12.4 Å². The fourth-order valence-electron chi connectivity index (χ4n) is 3.20. The molecule has 26 heavy (non-hydrogen) atoms. The summed E-state index contributed by atoms with van der Waals surface area (Å²) in [4.78, 5) is 4.35. The Labute approximate surface area is 154 Å². The zero-order chi connectivity index (χ0) is 17.6. The number of hydrogen-bond donors (Lipinski definition) is 0. The average Bonchev–Trinajstić information content (AvgIpc) is 3.48. The molecule has 2 aromatic carbocycles. The predicted molar refractivity (Wildman–Crippen MR) is 102 cm³/mol. The van der Waals surface area contributed by atoms with Crippen LogP contribution in [-0.2, 0) is 18.0 Å². The summed E-state index contributed by atoms with van der Waals surface area (Å²) in [5.41, 5.74) is 3.64. The number of rotatable bonds is 8. The smallest absolute Gasteiger partial charge is 0.138 e. The summed E-state index contributed by atoms with van der Waals surface area (Å²) in [6.45, 7) is 2.05. The van der Waals surface area contributed by atoms with Crippen LogP contribution in [0.1, 0.15) is 29.0 Å². The van der Waals surface area contributed by atoms with Gasteiger partial charge in [0.15, 0.2) is 0 Å². The van der Waals surface area contributed by atoms with Gasteiger partial charge < -0.3 is 9.47 Å². The van der Waals surface area contributed by atoms with E-state index in [4.69, 9.17) is 9.47 Å². The number of hydrogen-bond acceptors (Lipinski definition) is 3. The van der Waals surface area contributed by atoms with Crippen molar-refractivity contribution in [2.45, 2.75) is 25.6 Å². The third kappa shape index (κ3) is 4.50. The minimum atomic E-state index is 0.540. The Balaban J connectivity index is 1.26. The van der Waals surface area contributed by atoms with Crippen LogP contribution in [0.2, 0.25) is 0 Å². The summed E-state index contributed by atoms with van der Waals surface area (Å²) in [5, 5.41) is 0. The molecule has 3 aromatic rings. The molecule has 4 rings (SSSR count). The predicted octanol–water partition coefficient (Wildman–Crippen LogP) is 4.98. The van der Waals surface area contributed by atoms with Gasteiger partial charge in [-0.15, -0.1) is 0 Å². The molecule has 1 saturated carbocycles. The summed E-state index contributed by atoms with van der Waals surface area (Å²) < 4.78 is 11.8. The molecule has 0 amide bonds. The van der Waals surface area contributed by atoms with E-state index >= 15 is 0 Å². The second-order valence-corrected chi connectivity index (χ2v) is 6.83. The van der Waals surface area contributed by atoms with Crippen LogP contribution < -0.4 is 4.74 Å². The number of pyridine rings is 1. The third-order valence-electron chi connectivity index (χ3n) is 4.78. The van der Waals surface area contributed by atoms with E-state index in [1.54, 1.807) is 6.20 Å². The second kappa shape index (κ2) is 8.15. The SMILES string of the molecule is c1ccc(COC[C@@H]2CC2c2cncc(OCc3ccccc3)c2)cc1. The van der Waals surface area contributed by atoms with Crippen molar-refractivity contribution in [3.8, 4) is 5.75 Å². The molecule has 1 aliphatic carbocycles. The minimum absolute atomic E-state index is 0.540. The van der Waals surface area contributed by atoms with Gasteiger partial charge in [-0.1, -0.05) is 60.7 Å². The molecule has 3 nitrogen and oxygen atoms in total. The third-order valence-corrected chi connectivity index (χ3v) is 4.78. The largest absolute Gasteiger partial charge is 0.487 e. The van der Waals surface area contributed by atoms with Crippen LogP contribution in [0.3, 0.4) is 0 Å². The fourth-order valence-corrected chi connectivity index (χ4v) is 3.20. The molecule has 0 radical (unpaired) electrons. The lowest BCUT2D eigenvalue weighted by Crippen LogP contribution is -1.99. The maximum Gasteiger partial charge on any atom is 0.138 e. The number of nitrogens with zero attached hydrogens (tertiary/aromatic N) is 1. The Morgan fingerprint density at radius 2 is 1.54 bits per heavy atom. The molecule has 132 valence electrons. The van der Waals surface area contributed by atoms with Crippen molar-refractivity contribution in [2.24, 2.45) is 5.92 Å². The van der Waals surface area contributed by atoms with Crippen molar-refractivity contribution < 1.29 is 9.47 Å². The first-order chi connectivity index (χ1) is 12.9. The van der Waals surface area contributed by atoms with Gasteiger partial charge >= 0.3 is 0 Å². The molecule has 1 aromatic heterocycles. The molecule has 1 unspecified atom stereocenters. The van der Waals surface area contributed by atoms with Crippen LogP contribution in [0.5, 0.6) is 5.75 Å². The standard InChI is InChI=1S/C23H23NO2/c1-3-7-18(8-4-1)15-25-17-21-12-23(21)20-11-22(14-24-13-20)26-16-19-9-5-2-6-10-19/h1-11,13-14,21,23H,12,15-17H2/t21-,23?/m0/s1. The van der Waals surface area contributed by atoms with E-state index in [2.05, 4.69) is 35.3 Å². The molecule has 3 heteroatoms. The van der Waals surface area contributed by atoms with Crippen LogP contribution in [-0.4, -0.2) is 11.6 Å². The number of benzene rings is 2. The van der Waals surface area contributed by atoms with Crippen LogP contribution in [0.15, 0.2) is 79.1 Å². The van der Waals surface area contributed by atoms with Gasteiger partial charge in [-0.25, -0.2) is 0 Å². The topological polar surface area (TPSA) is 31.4 Å². The van der Waals surface area contributed by atoms with Crippen molar-refractivity contribution >= 4 is 0 Å². The van der Waals surface area contributed by atoms with Crippen molar-refractivity contribution in [1.82, 2.24) is 4.98 Å². The van der Waals surface area contributed by atoms with E-state index in [1.807, 2.05) is 42.6 Å². The van der Waals surface area contributed by atoms with E-state index in [0.29, 0.717) is 25.0 Å². The lowest BCUT2D eigenvalue weighted by molar-refractivity contribution is 0.110. The van der Waals surface area contributed by atoms with Gasteiger partial charge in [-0.05, 0) is 41.0 Å². The zero-order valence-electron chi connectivity index (χ0n) is 14.8. The first-order valence-corrected chi connectivity index (χ1v) is 9.12. The quantitative estimate of drug-likeness (QED) is 0.577. The Morgan fingerprint density at radius 3 is 2.27 bits per heavy atom. The lowest BCUT2D eigenvalue weighted by atomic mass is 10.1. The van der Waals surface area contributed by atoms with Gasteiger partial charge in [-0.3, -0.25) is 4.98 Å². The molecule has 0 saturated heterocycles.